The number of rotatable bonds is 8. The van der Waals surface area contributed by atoms with Crippen molar-refractivity contribution in [2.75, 3.05) is 0 Å². The Balaban J connectivity index is 0.00000176. The van der Waals surface area contributed by atoms with Crippen molar-refractivity contribution in [2.24, 2.45) is 0 Å². The number of thiophene rings is 1. The lowest BCUT2D eigenvalue weighted by Crippen LogP contribution is -2.29. The predicted octanol–water partition coefficient (Wildman–Crippen LogP) is 7.81. The van der Waals surface area contributed by atoms with E-state index in [0.717, 1.165) is 57.9 Å². The van der Waals surface area contributed by atoms with E-state index in [4.69, 9.17) is 16.6 Å². The number of unbranched alkanes of at least 4 members (excludes halogenated alkanes) is 1. The largest absolute Gasteiger partial charge is 0.291 e. The third kappa shape index (κ3) is 6.51. The van der Waals surface area contributed by atoms with Crippen LogP contribution in [-0.2, 0) is 19.4 Å². The van der Waals surface area contributed by atoms with Crippen molar-refractivity contribution in [2.45, 2.75) is 59.9 Å². The fraction of sp³-hybridized carbons (Fsp3) is 0.300. The molecule has 4 aromatic rings. The molecule has 0 unspecified atom stereocenters. The molecule has 2 heterocycles. The fourth-order valence-electron chi connectivity index (χ4n) is 4.10. The van der Waals surface area contributed by atoms with Gasteiger partial charge in [0, 0.05) is 16.9 Å². The maximum Gasteiger partial charge on any atom is 0.257 e. The molecule has 0 radical (unpaired) electrons. The van der Waals surface area contributed by atoms with Crippen LogP contribution < -0.4 is 5.56 Å². The van der Waals surface area contributed by atoms with Gasteiger partial charge in [-0.15, -0.1) is 11.3 Å². The smallest absolute Gasteiger partial charge is 0.257 e. The summed E-state index contributed by atoms with van der Waals surface area (Å²) in [6, 6.07) is 21.8. The zero-order valence-electron chi connectivity index (χ0n) is 21.3. The highest BCUT2D eigenvalue weighted by Gasteiger charge is 2.16. The molecule has 0 aliphatic carbocycles. The van der Waals surface area contributed by atoms with Gasteiger partial charge in [0.05, 0.1) is 28.2 Å². The molecule has 6 heteroatoms. The fourth-order valence-corrected chi connectivity index (χ4v) is 5.18. The van der Waals surface area contributed by atoms with Crippen LogP contribution in [0.1, 0.15) is 66.7 Å². The molecule has 2 aromatic heterocycles. The Kier molecular flexibility index (Phi) is 10.0. The van der Waals surface area contributed by atoms with Crippen molar-refractivity contribution in [1.29, 1.82) is 5.26 Å². The van der Waals surface area contributed by atoms with Crippen LogP contribution in [-0.4, -0.2) is 9.55 Å². The van der Waals surface area contributed by atoms with Gasteiger partial charge in [-0.3, -0.25) is 9.36 Å². The van der Waals surface area contributed by atoms with Gasteiger partial charge in [-0.2, -0.15) is 5.26 Å². The highest BCUT2D eigenvalue weighted by atomic mass is 35.5. The minimum Gasteiger partial charge on any atom is -0.291 e. The Labute approximate surface area is 222 Å². The highest BCUT2D eigenvalue weighted by molar-refractivity contribution is 7.16. The third-order valence-corrected chi connectivity index (χ3v) is 7.16. The second kappa shape index (κ2) is 13.2. The van der Waals surface area contributed by atoms with E-state index in [2.05, 4.69) is 13.0 Å². The molecule has 0 aliphatic heterocycles. The van der Waals surface area contributed by atoms with Crippen molar-refractivity contribution in [1.82, 2.24) is 9.55 Å². The minimum atomic E-state index is 0.0158. The van der Waals surface area contributed by atoms with E-state index in [-0.39, 0.29) is 5.56 Å². The first-order valence-corrected chi connectivity index (χ1v) is 13.6. The van der Waals surface area contributed by atoms with Crippen molar-refractivity contribution >= 4 is 22.9 Å². The Hall–Kier alpha value is -3.20. The zero-order valence-corrected chi connectivity index (χ0v) is 22.9. The molecule has 36 heavy (non-hydrogen) atoms. The lowest BCUT2D eigenvalue weighted by Gasteiger charge is -2.15. The van der Waals surface area contributed by atoms with Gasteiger partial charge in [-0.25, -0.2) is 4.98 Å². The maximum atomic E-state index is 13.6. The van der Waals surface area contributed by atoms with Crippen molar-refractivity contribution in [3.8, 4) is 17.2 Å². The number of nitrogens with zero attached hydrogens (tertiary/aromatic N) is 3. The topological polar surface area (TPSA) is 58.7 Å². The molecule has 0 aliphatic rings. The first-order chi connectivity index (χ1) is 17.5. The lowest BCUT2D eigenvalue weighted by molar-refractivity contribution is 0.667. The molecule has 4 nitrogen and oxygen atoms in total. The molecule has 0 saturated carbocycles. The van der Waals surface area contributed by atoms with E-state index >= 15 is 0 Å². The van der Waals surface area contributed by atoms with E-state index in [9.17, 15) is 10.1 Å². The summed E-state index contributed by atoms with van der Waals surface area (Å²) in [5.74, 6) is 0.729. The number of aryl methyl sites for hydroxylation is 2. The summed E-state index contributed by atoms with van der Waals surface area (Å²) in [6.07, 6.45) is 3.36. The van der Waals surface area contributed by atoms with Gasteiger partial charge < -0.3 is 0 Å². The first-order valence-electron chi connectivity index (χ1n) is 12.4. The van der Waals surface area contributed by atoms with Crippen molar-refractivity contribution in [3.05, 3.63) is 108 Å². The van der Waals surface area contributed by atoms with Gasteiger partial charge >= 0.3 is 0 Å². The summed E-state index contributed by atoms with van der Waals surface area (Å²) in [6.45, 7) is 8.52. The monoisotopic (exact) mass is 517 g/mol. The van der Waals surface area contributed by atoms with E-state index in [0.29, 0.717) is 22.9 Å². The van der Waals surface area contributed by atoms with Crippen LogP contribution in [0.5, 0.6) is 0 Å². The van der Waals surface area contributed by atoms with Crippen LogP contribution in [0.15, 0.2) is 65.5 Å². The molecule has 2 aromatic carbocycles. The van der Waals surface area contributed by atoms with Crippen LogP contribution in [0.3, 0.4) is 0 Å². The van der Waals surface area contributed by atoms with E-state index < -0.39 is 0 Å². The first kappa shape index (κ1) is 27.4. The number of nitriles is 1. The molecule has 0 fully saturated rings. The normalized spacial score (nSPS) is 10.4. The molecular weight excluding hydrogens is 486 g/mol. The number of hydrogen-bond acceptors (Lipinski definition) is 4. The van der Waals surface area contributed by atoms with Crippen LogP contribution in [0.4, 0.5) is 0 Å². The van der Waals surface area contributed by atoms with Gasteiger partial charge in [0.1, 0.15) is 5.82 Å². The number of halogens is 1. The second-order valence-electron chi connectivity index (χ2n) is 8.32. The molecule has 0 spiro atoms. The number of hydrogen-bond donors (Lipinski definition) is 0. The zero-order chi connectivity index (χ0) is 26.1. The lowest BCUT2D eigenvalue weighted by atomic mass is 9.97. The molecule has 186 valence electrons. The molecule has 0 N–H and O–H groups in total. The molecule has 0 bridgehead atoms. The molecule has 0 amide bonds. The summed E-state index contributed by atoms with van der Waals surface area (Å²) in [7, 11) is 0. The molecular formula is C30H32ClN3OS. The maximum absolute atomic E-state index is 13.6. The SMILES string of the molecule is CC.CCCCc1nc(C)n(Cc2ccc(Cl)s2)c(=O)c1Cc1ccc(-c2ccccc2C#N)cc1. The van der Waals surface area contributed by atoms with Crippen LogP contribution in [0.2, 0.25) is 4.34 Å². The molecule has 0 atom stereocenters. The minimum absolute atomic E-state index is 0.0158. The van der Waals surface area contributed by atoms with E-state index in [1.165, 1.54) is 11.3 Å². The van der Waals surface area contributed by atoms with Crippen LogP contribution >= 0.6 is 22.9 Å². The Bertz CT molecular complexity index is 1400. The van der Waals surface area contributed by atoms with E-state index in [1.54, 1.807) is 4.57 Å². The summed E-state index contributed by atoms with van der Waals surface area (Å²) in [5, 5.41) is 9.42. The predicted molar refractivity (Wildman–Crippen MR) is 151 cm³/mol. The molecule has 4 rings (SSSR count). The van der Waals surface area contributed by atoms with Crippen LogP contribution in [0.25, 0.3) is 11.1 Å². The number of aromatic nitrogens is 2. The Morgan fingerprint density at radius 3 is 2.42 bits per heavy atom. The second-order valence-corrected chi connectivity index (χ2v) is 10.1. The van der Waals surface area contributed by atoms with Crippen LogP contribution in [0, 0.1) is 18.3 Å². The van der Waals surface area contributed by atoms with E-state index in [1.807, 2.05) is 81.4 Å². The third-order valence-electron chi connectivity index (χ3n) is 5.94. The highest BCUT2D eigenvalue weighted by Crippen LogP contribution is 2.25. The summed E-state index contributed by atoms with van der Waals surface area (Å²) in [4.78, 5) is 19.5. The van der Waals surface area contributed by atoms with Gasteiger partial charge in [0.2, 0.25) is 0 Å². The summed E-state index contributed by atoms with van der Waals surface area (Å²) in [5.41, 5.74) is 5.26. The standard InChI is InChI=1S/C28H26ClN3OS.C2H6/c1-3-4-9-26-25(28(33)32(19(2)31-26)18-23-14-15-27(29)34-23)16-20-10-12-21(13-11-20)24-8-6-5-7-22(24)17-30;1-2/h5-8,10-15H,3-4,9,16,18H2,1-2H3;1-2H3. The Morgan fingerprint density at radius 2 is 1.78 bits per heavy atom. The van der Waals surface area contributed by atoms with Crippen molar-refractivity contribution in [3.63, 3.8) is 0 Å². The summed E-state index contributed by atoms with van der Waals surface area (Å²) < 4.78 is 2.47. The number of benzene rings is 2. The average Bonchev–Trinajstić information content (AvgIpc) is 3.33. The summed E-state index contributed by atoms with van der Waals surface area (Å²) >= 11 is 7.59. The quantitative estimate of drug-likeness (QED) is 0.239. The van der Waals surface area contributed by atoms with Gasteiger partial charge in [0.15, 0.2) is 0 Å². The molecule has 0 saturated heterocycles. The average molecular weight is 518 g/mol. The Morgan fingerprint density at radius 1 is 1.06 bits per heavy atom. The van der Waals surface area contributed by atoms with Gasteiger partial charge in [-0.1, -0.05) is 81.3 Å². The van der Waals surface area contributed by atoms with Gasteiger partial charge in [-0.05, 0) is 54.7 Å². The van der Waals surface area contributed by atoms with Crippen molar-refractivity contribution < 1.29 is 0 Å². The van der Waals surface area contributed by atoms with Gasteiger partial charge in [0.25, 0.3) is 5.56 Å².